The Balaban J connectivity index is 1.52. The number of amidine groups is 1. The second-order valence-electron chi connectivity index (χ2n) is 7.73. The zero-order valence-electron chi connectivity index (χ0n) is 18.6. The van der Waals surface area contributed by atoms with Crippen LogP contribution < -0.4 is 19.7 Å². The maximum atomic E-state index is 12.9. The molecule has 8 nitrogen and oxygen atoms in total. The second-order valence-corrected chi connectivity index (χ2v) is 11.1. The van der Waals surface area contributed by atoms with E-state index in [2.05, 4.69) is 10.3 Å². The number of thioether (sulfide) groups is 1. The molecule has 2 aliphatic heterocycles. The largest absolute Gasteiger partial charge is 0.494 e. The standard InChI is InChI=1S/C23H27N3O5S2/c1-3-30-18-9-5-16(6-10-18)24-22(27)13-26(17-7-11-19(12-8-17)31-4-2)23-25-20-14-33(28,29)15-21(20)32-23/h5-12,20-21H,3-4,13-15H2,1-2H3,(H,24,27)/t20-,21+/m0/s1. The fraction of sp³-hybridized carbons (Fsp3) is 0.391. The molecule has 0 radical (unpaired) electrons. The molecule has 0 unspecified atom stereocenters. The Labute approximate surface area is 198 Å². The molecule has 1 amide bonds. The summed E-state index contributed by atoms with van der Waals surface area (Å²) in [5.74, 6) is 1.45. The van der Waals surface area contributed by atoms with E-state index in [0.717, 1.165) is 17.2 Å². The molecule has 1 fully saturated rings. The highest BCUT2D eigenvalue weighted by molar-refractivity contribution is 8.15. The van der Waals surface area contributed by atoms with Crippen LogP contribution >= 0.6 is 11.8 Å². The summed E-state index contributed by atoms with van der Waals surface area (Å²) in [6.45, 7) is 5.01. The molecule has 1 N–H and O–H groups in total. The van der Waals surface area contributed by atoms with E-state index in [1.807, 2.05) is 55.1 Å². The molecule has 2 heterocycles. The molecule has 2 aromatic carbocycles. The number of ether oxygens (including phenoxy) is 2. The monoisotopic (exact) mass is 489 g/mol. The number of rotatable bonds is 8. The van der Waals surface area contributed by atoms with Gasteiger partial charge in [-0.25, -0.2) is 8.42 Å². The van der Waals surface area contributed by atoms with E-state index in [0.29, 0.717) is 24.1 Å². The number of fused-ring (bicyclic) bond motifs is 1. The van der Waals surface area contributed by atoms with Crippen molar-refractivity contribution in [1.29, 1.82) is 0 Å². The number of carbonyl (C=O) groups is 1. The van der Waals surface area contributed by atoms with Gasteiger partial charge in [-0.1, -0.05) is 11.8 Å². The van der Waals surface area contributed by atoms with Gasteiger partial charge in [0.2, 0.25) is 5.91 Å². The molecular formula is C23H27N3O5S2. The molecule has 2 aliphatic rings. The number of aliphatic imine (C=N–C) groups is 1. The van der Waals surface area contributed by atoms with Gasteiger partial charge in [0.15, 0.2) is 15.0 Å². The lowest BCUT2D eigenvalue weighted by atomic mass is 10.2. The molecule has 1 saturated heterocycles. The Morgan fingerprint density at radius 1 is 1.03 bits per heavy atom. The predicted octanol–water partition coefficient (Wildman–Crippen LogP) is 3.20. The van der Waals surface area contributed by atoms with Crippen LogP contribution in [0, 0.1) is 0 Å². The zero-order chi connectivity index (χ0) is 23.4. The van der Waals surface area contributed by atoms with Crippen molar-refractivity contribution in [1.82, 2.24) is 0 Å². The average Bonchev–Trinajstić information content (AvgIpc) is 3.28. The maximum Gasteiger partial charge on any atom is 0.244 e. The highest BCUT2D eigenvalue weighted by atomic mass is 32.2. The van der Waals surface area contributed by atoms with Crippen LogP contribution in [-0.4, -0.2) is 62.0 Å². The van der Waals surface area contributed by atoms with Crippen LogP contribution in [0.4, 0.5) is 11.4 Å². The van der Waals surface area contributed by atoms with Crippen molar-refractivity contribution >= 4 is 44.0 Å². The number of sulfone groups is 1. The van der Waals surface area contributed by atoms with Crippen LogP contribution in [0.5, 0.6) is 11.5 Å². The fourth-order valence-corrected chi connectivity index (χ4v) is 7.55. The first-order valence-electron chi connectivity index (χ1n) is 10.8. The van der Waals surface area contributed by atoms with Gasteiger partial charge in [-0.15, -0.1) is 0 Å². The van der Waals surface area contributed by atoms with Crippen LogP contribution in [-0.2, 0) is 14.6 Å². The molecular weight excluding hydrogens is 462 g/mol. The highest BCUT2D eigenvalue weighted by Gasteiger charge is 2.44. The summed E-state index contributed by atoms with van der Waals surface area (Å²) in [7, 11) is -3.06. The van der Waals surface area contributed by atoms with E-state index < -0.39 is 9.84 Å². The third-order valence-electron chi connectivity index (χ3n) is 5.25. The third-order valence-corrected chi connectivity index (χ3v) is 8.49. The van der Waals surface area contributed by atoms with Crippen molar-refractivity contribution in [3.8, 4) is 11.5 Å². The van der Waals surface area contributed by atoms with E-state index in [1.54, 1.807) is 12.1 Å². The molecule has 0 aromatic heterocycles. The quantitative estimate of drug-likeness (QED) is 0.608. The molecule has 33 heavy (non-hydrogen) atoms. The van der Waals surface area contributed by atoms with Gasteiger partial charge in [-0.2, -0.15) is 0 Å². The molecule has 0 spiro atoms. The minimum absolute atomic E-state index is 0.0409. The summed E-state index contributed by atoms with van der Waals surface area (Å²) in [5.41, 5.74) is 1.45. The Kier molecular flexibility index (Phi) is 7.14. The van der Waals surface area contributed by atoms with Crippen molar-refractivity contribution in [3.63, 3.8) is 0 Å². The Hall–Kier alpha value is -2.72. The first kappa shape index (κ1) is 23.4. The lowest BCUT2D eigenvalue weighted by Crippen LogP contribution is -2.36. The molecule has 4 rings (SSSR count). The van der Waals surface area contributed by atoms with E-state index in [1.165, 1.54) is 11.8 Å². The van der Waals surface area contributed by atoms with Gasteiger partial charge in [-0.05, 0) is 62.4 Å². The predicted molar refractivity (Wildman–Crippen MR) is 132 cm³/mol. The third kappa shape index (κ3) is 5.80. The van der Waals surface area contributed by atoms with Gasteiger partial charge in [0.1, 0.15) is 18.0 Å². The van der Waals surface area contributed by atoms with Crippen LogP contribution in [0.25, 0.3) is 0 Å². The Morgan fingerprint density at radius 3 is 2.21 bits per heavy atom. The summed E-state index contributed by atoms with van der Waals surface area (Å²) in [5, 5.41) is 3.46. The van der Waals surface area contributed by atoms with Gasteiger partial charge in [0.05, 0.1) is 30.8 Å². The van der Waals surface area contributed by atoms with Crippen LogP contribution in [0.3, 0.4) is 0 Å². The van der Waals surface area contributed by atoms with Crippen LogP contribution in [0.1, 0.15) is 13.8 Å². The van der Waals surface area contributed by atoms with E-state index in [9.17, 15) is 13.2 Å². The van der Waals surface area contributed by atoms with Crippen molar-refractivity contribution in [2.75, 3.05) is 41.5 Å². The molecule has 0 bridgehead atoms. The second kappa shape index (κ2) is 10.0. The van der Waals surface area contributed by atoms with E-state index in [4.69, 9.17) is 9.47 Å². The van der Waals surface area contributed by atoms with Crippen molar-refractivity contribution in [2.45, 2.75) is 25.1 Å². The molecule has 10 heteroatoms. The molecule has 0 saturated carbocycles. The van der Waals surface area contributed by atoms with Crippen molar-refractivity contribution in [2.24, 2.45) is 4.99 Å². The molecule has 2 aromatic rings. The van der Waals surface area contributed by atoms with Gasteiger partial charge in [0.25, 0.3) is 0 Å². The zero-order valence-corrected chi connectivity index (χ0v) is 20.2. The normalized spacial score (nSPS) is 20.6. The average molecular weight is 490 g/mol. The van der Waals surface area contributed by atoms with E-state index >= 15 is 0 Å². The fourth-order valence-electron chi connectivity index (χ4n) is 3.77. The van der Waals surface area contributed by atoms with E-state index in [-0.39, 0.29) is 35.2 Å². The first-order valence-corrected chi connectivity index (χ1v) is 13.5. The number of nitrogens with zero attached hydrogens (tertiary/aromatic N) is 2. The van der Waals surface area contributed by atoms with Gasteiger partial charge in [0, 0.05) is 16.6 Å². The topological polar surface area (TPSA) is 97.3 Å². The van der Waals surface area contributed by atoms with Crippen molar-refractivity contribution < 1.29 is 22.7 Å². The summed E-state index contributed by atoms with van der Waals surface area (Å²) in [4.78, 5) is 19.4. The summed E-state index contributed by atoms with van der Waals surface area (Å²) in [6.07, 6.45) is 0. The number of anilines is 2. The summed E-state index contributed by atoms with van der Waals surface area (Å²) in [6, 6.07) is 14.4. The molecule has 0 aliphatic carbocycles. The Bertz CT molecular complexity index is 1120. The smallest absolute Gasteiger partial charge is 0.244 e. The summed E-state index contributed by atoms with van der Waals surface area (Å²) >= 11 is 1.43. The minimum atomic E-state index is -3.06. The number of amides is 1. The number of carbonyl (C=O) groups excluding carboxylic acids is 1. The minimum Gasteiger partial charge on any atom is -0.494 e. The highest BCUT2D eigenvalue weighted by Crippen LogP contribution is 2.37. The van der Waals surface area contributed by atoms with Gasteiger partial charge >= 0.3 is 0 Å². The first-order chi connectivity index (χ1) is 15.9. The molecule has 176 valence electrons. The van der Waals surface area contributed by atoms with Crippen molar-refractivity contribution in [3.05, 3.63) is 48.5 Å². The lowest BCUT2D eigenvalue weighted by Gasteiger charge is -2.24. The lowest BCUT2D eigenvalue weighted by molar-refractivity contribution is -0.114. The SMILES string of the molecule is CCOc1ccc(NC(=O)CN(C2=N[C@H]3CS(=O)(=O)C[C@H]3S2)c2ccc(OCC)cc2)cc1. The van der Waals surface area contributed by atoms with Crippen LogP contribution in [0.2, 0.25) is 0 Å². The number of hydrogen-bond donors (Lipinski definition) is 1. The summed E-state index contributed by atoms with van der Waals surface area (Å²) < 4.78 is 34.9. The molecule has 2 atom stereocenters. The number of hydrogen-bond acceptors (Lipinski definition) is 8. The number of nitrogens with one attached hydrogen (secondary N) is 1. The van der Waals surface area contributed by atoms with Gasteiger partial charge < -0.3 is 19.7 Å². The Morgan fingerprint density at radius 2 is 1.64 bits per heavy atom. The maximum absolute atomic E-state index is 12.9. The number of benzene rings is 2. The van der Waals surface area contributed by atoms with Crippen LogP contribution in [0.15, 0.2) is 53.5 Å². The van der Waals surface area contributed by atoms with Gasteiger partial charge in [-0.3, -0.25) is 9.79 Å².